The highest BCUT2D eigenvalue weighted by molar-refractivity contribution is 6.35. The third kappa shape index (κ3) is 5.98. The highest BCUT2D eigenvalue weighted by atomic mass is 35.5. The van der Waals surface area contributed by atoms with Crippen molar-refractivity contribution in [2.75, 3.05) is 39.3 Å². The van der Waals surface area contributed by atoms with Crippen LogP contribution in [0.15, 0.2) is 18.2 Å². The van der Waals surface area contributed by atoms with E-state index in [2.05, 4.69) is 4.90 Å². The lowest BCUT2D eigenvalue weighted by Gasteiger charge is -2.44. The fraction of sp³-hybridized carbons (Fsp3) is 0.654. The zero-order chi connectivity index (χ0) is 25.8. The molecule has 2 unspecified atom stereocenters. The lowest BCUT2D eigenvalue weighted by molar-refractivity contribution is -0.153. The molecule has 2 aliphatic heterocycles. The van der Waals surface area contributed by atoms with Gasteiger partial charge in [-0.25, -0.2) is 0 Å². The Kier molecular flexibility index (Phi) is 9.15. The van der Waals surface area contributed by atoms with E-state index in [-0.39, 0.29) is 29.7 Å². The van der Waals surface area contributed by atoms with Crippen molar-refractivity contribution >= 4 is 41.0 Å². The maximum Gasteiger partial charge on any atom is 0.310 e. The number of ether oxygens (including phenoxy) is 1. The molecular weight excluding hydrogens is 503 g/mol. The van der Waals surface area contributed by atoms with Crippen LogP contribution in [0.25, 0.3) is 0 Å². The highest BCUT2D eigenvalue weighted by Crippen LogP contribution is 2.31. The first-order valence-electron chi connectivity index (χ1n) is 13.0. The Morgan fingerprint density at radius 1 is 1.08 bits per heavy atom. The van der Waals surface area contributed by atoms with Crippen molar-refractivity contribution in [3.63, 3.8) is 0 Å². The van der Waals surface area contributed by atoms with Gasteiger partial charge in [0.05, 0.1) is 18.6 Å². The van der Waals surface area contributed by atoms with Gasteiger partial charge in [-0.3, -0.25) is 19.3 Å². The number of amides is 2. The monoisotopic (exact) mass is 538 g/mol. The van der Waals surface area contributed by atoms with Gasteiger partial charge in [0.15, 0.2) is 0 Å². The Morgan fingerprint density at radius 3 is 2.44 bits per heavy atom. The van der Waals surface area contributed by atoms with Crippen LogP contribution in [0.5, 0.6) is 0 Å². The van der Waals surface area contributed by atoms with Gasteiger partial charge in [0.1, 0.15) is 6.04 Å². The molecule has 4 atom stereocenters. The Morgan fingerprint density at radius 2 is 1.81 bits per heavy atom. The quantitative estimate of drug-likeness (QED) is 0.536. The number of carbonyl (C=O) groups is 3. The van der Waals surface area contributed by atoms with Gasteiger partial charge < -0.3 is 20.3 Å². The van der Waals surface area contributed by atoms with E-state index in [9.17, 15) is 14.4 Å². The lowest BCUT2D eigenvalue weighted by Crippen LogP contribution is -2.59. The maximum absolute atomic E-state index is 13.8. The maximum atomic E-state index is 13.8. The molecule has 2 amide bonds. The van der Waals surface area contributed by atoms with Crippen LogP contribution in [0.1, 0.15) is 44.6 Å². The average molecular weight is 540 g/mol. The number of hydrogen-bond acceptors (Lipinski definition) is 6. The standard InChI is InChI=1S/C26H36Cl2N4O4/c1-2-36-26(35)19-5-3-4-6-22(19)30-11-13-31(14-12-30)25(34)23(32-10-9-21(29)24(32)33)15-17-7-8-18(27)16-20(17)28/h7-8,16,19,21-23H,2-6,9-15,29H2,1H3/t19-,21?,22-,23?/m0/s1. The molecule has 4 rings (SSSR count). The van der Waals surface area contributed by atoms with Crippen LogP contribution in [-0.2, 0) is 25.5 Å². The van der Waals surface area contributed by atoms with Gasteiger partial charge >= 0.3 is 5.97 Å². The predicted octanol–water partition coefficient (Wildman–Crippen LogP) is 2.73. The minimum absolute atomic E-state index is 0.0892. The molecule has 3 fully saturated rings. The van der Waals surface area contributed by atoms with Crippen molar-refractivity contribution < 1.29 is 19.1 Å². The summed E-state index contributed by atoms with van der Waals surface area (Å²) in [6.45, 7) is 5.15. The summed E-state index contributed by atoms with van der Waals surface area (Å²) >= 11 is 12.5. The third-order valence-corrected chi connectivity index (χ3v) is 8.37. The fourth-order valence-electron chi connectivity index (χ4n) is 5.82. The second-order valence-corrected chi connectivity index (χ2v) is 10.8. The summed E-state index contributed by atoms with van der Waals surface area (Å²) in [4.78, 5) is 44.9. The average Bonchev–Trinajstić information content (AvgIpc) is 3.21. The van der Waals surface area contributed by atoms with Crippen LogP contribution in [-0.4, -0.2) is 89.9 Å². The van der Waals surface area contributed by atoms with E-state index < -0.39 is 12.1 Å². The first-order valence-corrected chi connectivity index (χ1v) is 13.7. The van der Waals surface area contributed by atoms with Crippen LogP contribution in [0.2, 0.25) is 10.0 Å². The van der Waals surface area contributed by atoms with E-state index in [1.54, 1.807) is 17.0 Å². The zero-order valence-corrected chi connectivity index (χ0v) is 22.3. The first-order chi connectivity index (χ1) is 17.3. The molecule has 1 saturated carbocycles. The Hall–Kier alpha value is -1.87. The second kappa shape index (κ2) is 12.1. The molecule has 2 heterocycles. The number of esters is 1. The van der Waals surface area contributed by atoms with Crippen LogP contribution in [0, 0.1) is 5.92 Å². The van der Waals surface area contributed by atoms with Crippen LogP contribution in [0.3, 0.4) is 0 Å². The van der Waals surface area contributed by atoms with Gasteiger partial charge in [-0.05, 0) is 43.9 Å². The summed E-state index contributed by atoms with van der Waals surface area (Å²) in [7, 11) is 0. The van der Waals surface area contributed by atoms with Crippen LogP contribution < -0.4 is 5.73 Å². The molecular formula is C26H36Cl2N4O4. The SMILES string of the molecule is CCOC(=O)[C@H]1CCCC[C@@H]1N1CCN(C(=O)C(Cc2ccc(Cl)cc2Cl)N2CCC(N)C2=O)CC1. The number of hydrogen-bond donors (Lipinski definition) is 1. The number of benzene rings is 1. The molecule has 1 aromatic carbocycles. The molecule has 0 aromatic heterocycles. The number of carbonyl (C=O) groups excluding carboxylic acids is 3. The molecule has 0 bridgehead atoms. The predicted molar refractivity (Wildman–Crippen MR) is 139 cm³/mol. The molecule has 1 aliphatic carbocycles. The minimum atomic E-state index is -0.668. The van der Waals surface area contributed by atoms with Crippen molar-refractivity contribution in [1.82, 2.24) is 14.7 Å². The molecule has 0 radical (unpaired) electrons. The number of piperazine rings is 1. The number of rotatable bonds is 7. The topological polar surface area (TPSA) is 96.2 Å². The zero-order valence-electron chi connectivity index (χ0n) is 20.8. The van der Waals surface area contributed by atoms with E-state index in [4.69, 9.17) is 33.7 Å². The molecule has 3 aliphatic rings. The van der Waals surface area contributed by atoms with E-state index in [1.165, 1.54) is 0 Å². The fourth-order valence-corrected chi connectivity index (χ4v) is 6.30. The van der Waals surface area contributed by atoms with Crippen molar-refractivity contribution in [3.8, 4) is 0 Å². The van der Waals surface area contributed by atoms with E-state index in [0.717, 1.165) is 31.2 Å². The lowest BCUT2D eigenvalue weighted by atomic mass is 9.83. The number of likely N-dealkylation sites (tertiary alicyclic amines) is 1. The molecule has 36 heavy (non-hydrogen) atoms. The summed E-state index contributed by atoms with van der Waals surface area (Å²) in [5.41, 5.74) is 6.75. The molecule has 1 aromatic rings. The third-order valence-electron chi connectivity index (χ3n) is 7.78. The molecule has 10 heteroatoms. The number of halogens is 2. The second-order valence-electron chi connectivity index (χ2n) is 9.95. The highest BCUT2D eigenvalue weighted by Gasteiger charge is 2.41. The Labute approximate surface area is 223 Å². The number of nitrogens with two attached hydrogens (primary N) is 1. The smallest absolute Gasteiger partial charge is 0.310 e. The van der Waals surface area contributed by atoms with Crippen molar-refractivity contribution in [3.05, 3.63) is 33.8 Å². The summed E-state index contributed by atoms with van der Waals surface area (Å²) in [5, 5.41) is 0.995. The van der Waals surface area contributed by atoms with Crippen LogP contribution >= 0.6 is 23.2 Å². The van der Waals surface area contributed by atoms with Gasteiger partial charge in [0.25, 0.3) is 0 Å². The Bertz CT molecular complexity index is 969. The molecule has 2 N–H and O–H groups in total. The van der Waals surface area contributed by atoms with E-state index >= 15 is 0 Å². The first kappa shape index (κ1) is 27.2. The van der Waals surface area contributed by atoms with E-state index in [1.807, 2.05) is 17.9 Å². The summed E-state index contributed by atoms with van der Waals surface area (Å²) in [6, 6.07) is 4.10. The van der Waals surface area contributed by atoms with Crippen molar-refractivity contribution in [2.24, 2.45) is 11.7 Å². The summed E-state index contributed by atoms with van der Waals surface area (Å²) < 4.78 is 5.35. The summed E-state index contributed by atoms with van der Waals surface area (Å²) in [6.07, 6.45) is 4.79. The van der Waals surface area contributed by atoms with Gasteiger partial charge in [-0.2, -0.15) is 0 Å². The molecule has 0 spiro atoms. The normalized spacial score (nSPS) is 26.2. The molecule has 8 nitrogen and oxygen atoms in total. The van der Waals surface area contributed by atoms with Gasteiger partial charge in [0.2, 0.25) is 11.8 Å². The molecule has 2 saturated heterocycles. The largest absolute Gasteiger partial charge is 0.466 e. The summed E-state index contributed by atoms with van der Waals surface area (Å²) in [5.74, 6) is -0.501. The molecule has 198 valence electrons. The van der Waals surface area contributed by atoms with Crippen molar-refractivity contribution in [2.45, 2.75) is 63.6 Å². The van der Waals surface area contributed by atoms with Gasteiger partial charge in [0, 0.05) is 55.2 Å². The van der Waals surface area contributed by atoms with E-state index in [0.29, 0.717) is 62.2 Å². The number of nitrogens with zero attached hydrogens (tertiary/aromatic N) is 3. The minimum Gasteiger partial charge on any atom is -0.466 e. The van der Waals surface area contributed by atoms with Gasteiger partial charge in [-0.15, -0.1) is 0 Å². The van der Waals surface area contributed by atoms with Crippen LogP contribution in [0.4, 0.5) is 0 Å². The van der Waals surface area contributed by atoms with Gasteiger partial charge in [-0.1, -0.05) is 42.1 Å². The Balaban J connectivity index is 1.46. The van der Waals surface area contributed by atoms with Crippen molar-refractivity contribution in [1.29, 1.82) is 0 Å².